The molecule has 0 saturated heterocycles. The molecule has 0 fully saturated rings. The SMILES string of the molecule is O=C(O)c1ccc2c(c1)N(C(=O)c1cncc(Cl)n1)CC2. The Labute approximate surface area is 125 Å². The number of carbonyl (C=O) groups excluding carboxylic acids is 1. The molecule has 21 heavy (non-hydrogen) atoms. The Balaban J connectivity index is 1.98. The molecule has 0 saturated carbocycles. The molecule has 0 spiro atoms. The number of carboxylic acid groups (broad SMARTS) is 1. The fourth-order valence-electron chi connectivity index (χ4n) is 2.31. The highest BCUT2D eigenvalue weighted by Gasteiger charge is 2.27. The molecule has 3 rings (SSSR count). The summed E-state index contributed by atoms with van der Waals surface area (Å²) in [6, 6.07) is 4.77. The highest BCUT2D eigenvalue weighted by molar-refractivity contribution is 6.29. The van der Waals surface area contributed by atoms with Crippen molar-refractivity contribution in [1.82, 2.24) is 9.97 Å². The van der Waals surface area contributed by atoms with Crippen LogP contribution in [0.25, 0.3) is 0 Å². The number of amides is 1. The number of aromatic carboxylic acids is 1. The molecule has 2 heterocycles. The van der Waals surface area contributed by atoms with E-state index in [-0.39, 0.29) is 22.3 Å². The van der Waals surface area contributed by atoms with E-state index in [2.05, 4.69) is 9.97 Å². The van der Waals surface area contributed by atoms with Crippen molar-refractivity contribution in [2.75, 3.05) is 11.4 Å². The second kappa shape index (κ2) is 5.14. The Hall–Kier alpha value is -2.47. The van der Waals surface area contributed by atoms with Gasteiger partial charge in [0.05, 0.1) is 18.0 Å². The van der Waals surface area contributed by atoms with Crippen molar-refractivity contribution in [2.45, 2.75) is 6.42 Å². The molecule has 6 nitrogen and oxygen atoms in total. The Morgan fingerprint density at radius 1 is 1.29 bits per heavy atom. The summed E-state index contributed by atoms with van der Waals surface area (Å²) in [6.07, 6.45) is 3.36. The lowest BCUT2D eigenvalue weighted by Gasteiger charge is -2.17. The van der Waals surface area contributed by atoms with Crippen molar-refractivity contribution in [1.29, 1.82) is 0 Å². The van der Waals surface area contributed by atoms with Crippen LogP contribution in [0.2, 0.25) is 5.15 Å². The summed E-state index contributed by atoms with van der Waals surface area (Å²) in [6.45, 7) is 0.478. The first-order chi connectivity index (χ1) is 10.1. The molecular weight excluding hydrogens is 294 g/mol. The summed E-state index contributed by atoms with van der Waals surface area (Å²) in [4.78, 5) is 32.8. The van der Waals surface area contributed by atoms with Gasteiger partial charge in [0.15, 0.2) is 0 Å². The molecule has 1 aromatic carbocycles. The minimum Gasteiger partial charge on any atom is -0.478 e. The summed E-state index contributed by atoms with van der Waals surface area (Å²) in [5.41, 5.74) is 1.81. The Kier molecular flexibility index (Phi) is 3.31. The first kappa shape index (κ1) is 13.5. The van der Waals surface area contributed by atoms with E-state index in [0.29, 0.717) is 18.7 Å². The summed E-state index contributed by atoms with van der Waals surface area (Å²) in [5.74, 6) is -1.37. The van der Waals surface area contributed by atoms with Crippen LogP contribution < -0.4 is 4.90 Å². The van der Waals surface area contributed by atoms with Crippen LogP contribution in [0.15, 0.2) is 30.6 Å². The maximum atomic E-state index is 12.5. The second-order valence-corrected chi connectivity index (χ2v) is 4.97. The topological polar surface area (TPSA) is 83.4 Å². The fraction of sp³-hybridized carbons (Fsp3) is 0.143. The van der Waals surface area contributed by atoms with Crippen LogP contribution in [0.1, 0.15) is 26.4 Å². The van der Waals surface area contributed by atoms with Gasteiger partial charge in [-0.25, -0.2) is 9.78 Å². The van der Waals surface area contributed by atoms with E-state index in [0.717, 1.165) is 5.56 Å². The number of benzene rings is 1. The molecular formula is C14H10ClN3O3. The van der Waals surface area contributed by atoms with Gasteiger partial charge in [-0.1, -0.05) is 17.7 Å². The summed E-state index contributed by atoms with van der Waals surface area (Å²) < 4.78 is 0. The lowest BCUT2D eigenvalue weighted by atomic mass is 10.1. The number of anilines is 1. The zero-order chi connectivity index (χ0) is 15.0. The molecule has 0 atom stereocenters. The second-order valence-electron chi connectivity index (χ2n) is 4.58. The highest BCUT2D eigenvalue weighted by atomic mass is 35.5. The zero-order valence-electron chi connectivity index (χ0n) is 10.8. The average molecular weight is 304 g/mol. The van der Waals surface area contributed by atoms with Crippen molar-refractivity contribution in [3.63, 3.8) is 0 Å². The fourth-order valence-corrected chi connectivity index (χ4v) is 2.45. The summed E-state index contributed by atoms with van der Waals surface area (Å²) in [5, 5.41) is 9.19. The molecule has 0 aliphatic carbocycles. The molecule has 1 aromatic heterocycles. The predicted octanol–water partition coefficient (Wildman–Crippen LogP) is 2.03. The normalized spacial score (nSPS) is 13.1. The molecule has 1 aliphatic heterocycles. The van der Waals surface area contributed by atoms with Gasteiger partial charge in [0.25, 0.3) is 5.91 Å². The van der Waals surface area contributed by atoms with Gasteiger partial charge < -0.3 is 10.0 Å². The van der Waals surface area contributed by atoms with Crippen molar-refractivity contribution < 1.29 is 14.7 Å². The van der Waals surface area contributed by atoms with Crippen molar-refractivity contribution in [3.8, 4) is 0 Å². The molecule has 7 heteroatoms. The number of fused-ring (bicyclic) bond motifs is 1. The standard InChI is InChI=1S/C14H10ClN3O3/c15-12-7-16-6-10(17-12)13(19)18-4-3-8-1-2-9(14(20)21)5-11(8)18/h1-2,5-7H,3-4H2,(H,20,21). The molecule has 1 N–H and O–H groups in total. The Morgan fingerprint density at radius 3 is 2.81 bits per heavy atom. The number of aromatic nitrogens is 2. The number of carboxylic acids is 1. The maximum Gasteiger partial charge on any atom is 0.335 e. The lowest BCUT2D eigenvalue weighted by Crippen LogP contribution is -2.29. The van der Waals surface area contributed by atoms with Gasteiger partial charge >= 0.3 is 5.97 Å². The largest absolute Gasteiger partial charge is 0.478 e. The van der Waals surface area contributed by atoms with Gasteiger partial charge in [0.2, 0.25) is 0 Å². The first-order valence-corrected chi connectivity index (χ1v) is 6.59. The third kappa shape index (κ3) is 2.45. The van der Waals surface area contributed by atoms with Gasteiger partial charge in [-0.2, -0.15) is 0 Å². The van der Waals surface area contributed by atoms with Crippen LogP contribution >= 0.6 is 11.6 Å². The monoisotopic (exact) mass is 303 g/mol. The van der Waals surface area contributed by atoms with E-state index in [1.165, 1.54) is 29.4 Å². The molecule has 1 amide bonds. The van der Waals surface area contributed by atoms with E-state index >= 15 is 0 Å². The Morgan fingerprint density at radius 2 is 2.10 bits per heavy atom. The third-order valence-electron chi connectivity index (χ3n) is 3.30. The number of carbonyl (C=O) groups is 2. The minimum atomic E-state index is -1.03. The number of nitrogens with zero attached hydrogens (tertiary/aromatic N) is 3. The number of hydrogen-bond donors (Lipinski definition) is 1. The van der Waals surface area contributed by atoms with Crippen LogP contribution in [0, 0.1) is 0 Å². The maximum absolute atomic E-state index is 12.5. The van der Waals surface area contributed by atoms with E-state index in [1.807, 2.05) is 0 Å². The van der Waals surface area contributed by atoms with Gasteiger partial charge in [0.1, 0.15) is 10.8 Å². The van der Waals surface area contributed by atoms with E-state index in [1.54, 1.807) is 6.07 Å². The quantitative estimate of drug-likeness (QED) is 0.917. The first-order valence-electron chi connectivity index (χ1n) is 6.22. The van der Waals surface area contributed by atoms with E-state index in [9.17, 15) is 9.59 Å². The van der Waals surface area contributed by atoms with Crippen LogP contribution in [0.5, 0.6) is 0 Å². The number of rotatable bonds is 2. The van der Waals surface area contributed by atoms with Gasteiger partial charge in [-0.05, 0) is 24.1 Å². The van der Waals surface area contributed by atoms with Gasteiger partial charge in [-0.15, -0.1) is 0 Å². The van der Waals surface area contributed by atoms with Crippen LogP contribution in [-0.4, -0.2) is 33.5 Å². The number of hydrogen-bond acceptors (Lipinski definition) is 4. The van der Waals surface area contributed by atoms with Crippen molar-refractivity contribution in [2.24, 2.45) is 0 Å². The van der Waals surface area contributed by atoms with Gasteiger partial charge in [-0.3, -0.25) is 9.78 Å². The van der Waals surface area contributed by atoms with Crippen LogP contribution in [0.4, 0.5) is 5.69 Å². The van der Waals surface area contributed by atoms with Gasteiger partial charge in [0, 0.05) is 12.2 Å². The molecule has 0 radical (unpaired) electrons. The van der Waals surface area contributed by atoms with Crippen molar-refractivity contribution >= 4 is 29.2 Å². The van der Waals surface area contributed by atoms with E-state index in [4.69, 9.17) is 16.7 Å². The average Bonchev–Trinajstić information content (AvgIpc) is 2.89. The highest BCUT2D eigenvalue weighted by Crippen LogP contribution is 2.30. The van der Waals surface area contributed by atoms with Crippen LogP contribution in [-0.2, 0) is 6.42 Å². The molecule has 0 unspecified atom stereocenters. The smallest absolute Gasteiger partial charge is 0.335 e. The molecule has 2 aromatic rings. The summed E-state index contributed by atoms with van der Waals surface area (Å²) >= 11 is 5.74. The molecule has 0 bridgehead atoms. The zero-order valence-corrected chi connectivity index (χ0v) is 11.5. The third-order valence-corrected chi connectivity index (χ3v) is 3.48. The minimum absolute atomic E-state index is 0.135. The van der Waals surface area contributed by atoms with Crippen molar-refractivity contribution in [3.05, 3.63) is 52.6 Å². The van der Waals surface area contributed by atoms with E-state index < -0.39 is 5.97 Å². The Bertz CT molecular complexity index is 748. The lowest BCUT2D eigenvalue weighted by molar-refractivity contribution is 0.0696. The number of halogens is 1. The van der Waals surface area contributed by atoms with Crippen LogP contribution in [0.3, 0.4) is 0 Å². The molecule has 1 aliphatic rings. The summed E-state index contributed by atoms with van der Waals surface area (Å²) in [7, 11) is 0. The predicted molar refractivity (Wildman–Crippen MR) is 75.8 cm³/mol. The molecule has 106 valence electrons.